The molecule has 0 saturated heterocycles. The van der Waals surface area contributed by atoms with E-state index >= 15 is 0 Å². The monoisotopic (exact) mass is 329 g/mol. The number of hydrogen-bond acceptors (Lipinski definition) is 2. The Morgan fingerprint density at radius 3 is 2.14 bits per heavy atom. The highest BCUT2D eigenvalue weighted by atomic mass is 35.5. The first-order valence-corrected chi connectivity index (χ1v) is 7.33. The van der Waals surface area contributed by atoms with E-state index in [0.29, 0.717) is 16.6 Å². The summed E-state index contributed by atoms with van der Waals surface area (Å²) in [6, 6.07) is 5.10. The summed E-state index contributed by atoms with van der Waals surface area (Å²) in [7, 11) is 1.66. The highest BCUT2D eigenvalue weighted by molar-refractivity contribution is 6.34. The highest BCUT2D eigenvalue weighted by Gasteiger charge is 2.66. The molecule has 0 spiro atoms. The van der Waals surface area contributed by atoms with Gasteiger partial charge in [0.2, 0.25) is 5.91 Å². The lowest BCUT2D eigenvalue weighted by atomic mass is 10.1. The average molecular weight is 330 g/mol. The normalized spacial score (nSPS) is 22.7. The predicted octanol–water partition coefficient (Wildman–Crippen LogP) is 3.31. The van der Waals surface area contributed by atoms with Gasteiger partial charge in [0, 0.05) is 23.6 Å². The number of carboxylic acids is 1. The Kier molecular flexibility index (Phi) is 4.22. The smallest absolute Gasteiger partial charge is 0.307 e. The molecule has 1 fully saturated rings. The maximum atomic E-state index is 12.4. The van der Waals surface area contributed by atoms with Crippen molar-refractivity contribution in [2.24, 2.45) is 17.3 Å². The van der Waals surface area contributed by atoms with Crippen molar-refractivity contribution >= 4 is 35.1 Å². The van der Waals surface area contributed by atoms with Crippen LogP contribution in [-0.2, 0) is 16.1 Å². The van der Waals surface area contributed by atoms with Gasteiger partial charge in [0.1, 0.15) is 0 Å². The maximum Gasteiger partial charge on any atom is 0.307 e. The second kappa shape index (κ2) is 5.50. The van der Waals surface area contributed by atoms with Crippen molar-refractivity contribution in [3.63, 3.8) is 0 Å². The van der Waals surface area contributed by atoms with Crippen molar-refractivity contribution in [3.05, 3.63) is 33.8 Å². The van der Waals surface area contributed by atoms with Crippen LogP contribution in [0.4, 0.5) is 0 Å². The Bertz CT molecular complexity index is 580. The zero-order valence-corrected chi connectivity index (χ0v) is 13.6. The van der Waals surface area contributed by atoms with Crippen LogP contribution < -0.4 is 0 Å². The van der Waals surface area contributed by atoms with Crippen LogP contribution in [-0.4, -0.2) is 28.9 Å². The number of carbonyl (C=O) groups is 2. The van der Waals surface area contributed by atoms with Gasteiger partial charge in [-0.1, -0.05) is 37.0 Å². The van der Waals surface area contributed by atoms with Gasteiger partial charge in [-0.25, -0.2) is 0 Å². The van der Waals surface area contributed by atoms with Gasteiger partial charge in [0.15, 0.2) is 0 Å². The first kappa shape index (κ1) is 16.1. The van der Waals surface area contributed by atoms with Crippen LogP contribution in [0.1, 0.15) is 19.4 Å². The third-order valence-corrected chi connectivity index (χ3v) is 4.51. The van der Waals surface area contributed by atoms with Crippen molar-refractivity contribution in [2.75, 3.05) is 7.05 Å². The summed E-state index contributed by atoms with van der Waals surface area (Å²) >= 11 is 11.9. The third-order valence-electron chi connectivity index (χ3n) is 4.08. The molecular weight excluding hydrogens is 313 g/mol. The first-order chi connectivity index (χ1) is 9.64. The summed E-state index contributed by atoms with van der Waals surface area (Å²) in [5.41, 5.74) is 0.317. The van der Waals surface area contributed by atoms with Gasteiger partial charge >= 0.3 is 5.97 Å². The summed E-state index contributed by atoms with van der Waals surface area (Å²) in [6.07, 6.45) is 0. The van der Waals surface area contributed by atoms with Crippen LogP contribution in [0.5, 0.6) is 0 Å². The van der Waals surface area contributed by atoms with Gasteiger partial charge in [-0.15, -0.1) is 0 Å². The van der Waals surface area contributed by atoms with E-state index < -0.39 is 23.2 Å². The minimum atomic E-state index is -0.919. The van der Waals surface area contributed by atoms with Gasteiger partial charge in [-0.2, -0.15) is 0 Å². The van der Waals surface area contributed by atoms with E-state index in [2.05, 4.69) is 0 Å². The number of rotatable bonds is 4. The van der Waals surface area contributed by atoms with E-state index in [1.807, 2.05) is 0 Å². The first-order valence-electron chi connectivity index (χ1n) is 6.57. The fourth-order valence-corrected chi connectivity index (χ4v) is 3.42. The number of amides is 1. The van der Waals surface area contributed by atoms with Gasteiger partial charge < -0.3 is 10.0 Å². The standard InChI is InChI=1S/C15H17Cl2NO3/c1-15(2)11(12(15)14(20)21)13(19)18(3)7-8-4-9(16)6-10(17)5-8/h4-6,11-12H,7H2,1-3H3,(H,20,21). The van der Waals surface area contributed by atoms with Crippen LogP contribution in [0, 0.1) is 17.3 Å². The third kappa shape index (κ3) is 3.16. The molecule has 1 N–H and O–H groups in total. The van der Waals surface area contributed by atoms with Crippen LogP contribution in [0.15, 0.2) is 18.2 Å². The molecular formula is C15H17Cl2NO3. The fourth-order valence-electron chi connectivity index (χ4n) is 2.85. The molecule has 1 aliphatic rings. The SMILES string of the molecule is CN(Cc1cc(Cl)cc(Cl)c1)C(=O)C1C(C(=O)O)C1(C)C. The number of halogens is 2. The molecule has 0 bridgehead atoms. The van der Waals surface area contributed by atoms with E-state index in [1.165, 1.54) is 4.90 Å². The number of hydrogen-bond donors (Lipinski definition) is 1. The fraction of sp³-hybridized carbons (Fsp3) is 0.467. The Morgan fingerprint density at radius 2 is 1.71 bits per heavy atom. The number of benzene rings is 1. The minimum Gasteiger partial charge on any atom is -0.481 e. The Morgan fingerprint density at radius 1 is 1.19 bits per heavy atom. The van der Waals surface area contributed by atoms with E-state index in [1.54, 1.807) is 39.1 Å². The lowest BCUT2D eigenvalue weighted by molar-refractivity contribution is -0.141. The molecule has 0 radical (unpaired) electrons. The quantitative estimate of drug-likeness (QED) is 0.921. The Labute approximate surface area is 133 Å². The largest absolute Gasteiger partial charge is 0.481 e. The minimum absolute atomic E-state index is 0.163. The van der Waals surface area contributed by atoms with Crippen LogP contribution in [0.2, 0.25) is 10.0 Å². The van der Waals surface area contributed by atoms with Gasteiger partial charge in [0.05, 0.1) is 11.8 Å². The molecule has 1 saturated carbocycles. The maximum absolute atomic E-state index is 12.4. The van der Waals surface area contributed by atoms with Crippen molar-refractivity contribution in [1.82, 2.24) is 4.90 Å². The lowest BCUT2D eigenvalue weighted by Gasteiger charge is -2.18. The van der Waals surface area contributed by atoms with Crippen LogP contribution >= 0.6 is 23.2 Å². The van der Waals surface area contributed by atoms with Crippen molar-refractivity contribution in [1.29, 1.82) is 0 Å². The molecule has 114 valence electrons. The van der Waals surface area contributed by atoms with Gasteiger partial charge in [0.25, 0.3) is 0 Å². The van der Waals surface area contributed by atoms with Crippen LogP contribution in [0.25, 0.3) is 0 Å². The number of nitrogens with zero attached hydrogens (tertiary/aromatic N) is 1. The molecule has 1 aromatic rings. The van der Waals surface area contributed by atoms with Gasteiger partial charge in [-0.3, -0.25) is 9.59 Å². The molecule has 0 aromatic heterocycles. The number of carboxylic acid groups (broad SMARTS) is 1. The molecule has 0 aliphatic heterocycles. The van der Waals surface area contributed by atoms with Crippen molar-refractivity contribution in [2.45, 2.75) is 20.4 Å². The molecule has 2 unspecified atom stereocenters. The van der Waals surface area contributed by atoms with E-state index in [-0.39, 0.29) is 5.91 Å². The second-order valence-corrected chi connectivity index (χ2v) is 6.96. The van der Waals surface area contributed by atoms with E-state index in [4.69, 9.17) is 28.3 Å². The van der Waals surface area contributed by atoms with Crippen molar-refractivity contribution < 1.29 is 14.7 Å². The topological polar surface area (TPSA) is 57.6 Å². The molecule has 1 aromatic carbocycles. The van der Waals surface area contributed by atoms with E-state index in [9.17, 15) is 9.59 Å². The summed E-state index contributed by atoms with van der Waals surface area (Å²) in [6.45, 7) is 3.95. The average Bonchev–Trinajstić information content (AvgIpc) is 2.89. The molecule has 6 heteroatoms. The molecule has 1 amide bonds. The second-order valence-electron chi connectivity index (χ2n) is 6.09. The summed E-state index contributed by atoms with van der Waals surface area (Å²) in [4.78, 5) is 25.1. The molecule has 21 heavy (non-hydrogen) atoms. The van der Waals surface area contributed by atoms with E-state index in [0.717, 1.165) is 5.56 Å². The molecule has 2 atom stereocenters. The Balaban J connectivity index is 2.09. The van der Waals surface area contributed by atoms with Crippen molar-refractivity contribution in [3.8, 4) is 0 Å². The summed E-state index contributed by atoms with van der Waals surface area (Å²) in [5.74, 6) is -2.17. The highest BCUT2D eigenvalue weighted by Crippen LogP contribution is 2.59. The molecule has 1 aliphatic carbocycles. The lowest BCUT2D eigenvalue weighted by Crippen LogP contribution is -2.29. The molecule has 4 nitrogen and oxygen atoms in total. The zero-order chi connectivity index (χ0) is 15.9. The number of aliphatic carboxylic acids is 1. The van der Waals surface area contributed by atoms with Crippen LogP contribution in [0.3, 0.4) is 0 Å². The Hall–Kier alpha value is -1.26. The van der Waals surface area contributed by atoms with Gasteiger partial charge in [-0.05, 0) is 29.2 Å². The molecule has 0 heterocycles. The summed E-state index contributed by atoms with van der Waals surface area (Å²) in [5, 5.41) is 10.2. The zero-order valence-electron chi connectivity index (χ0n) is 12.1. The predicted molar refractivity (Wildman–Crippen MR) is 81.3 cm³/mol. The summed E-state index contributed by atoms with van der Waals surface area (Å²) < 4.78 is 0. The molecule has 2 rings (SSSR count). The number of carbonyl (C=O) groups excluding carboxylic acids is 1.